The van der Waals surface area contributed by atoms with E-state index >= 15 is 0 Å². The van der Waals surface area contributed by atoms with Gasteiger partial charge in [-0.2, -0.15) is 0 Å². The van der Waals surface area contributed by atoms with Crippen molar-refractivity contribution in [3.63, 3.8) is 0 Å². The van der Waals surface area contributed by atoms with Crippen LogP contribution in [0.4, 0.5) is 0 Å². The summed E-state index contributed by atoms with van der Waals surface area (Å²) in [4.78, 5) is 10.6. The lowest BCUT2D eigenvalue weighted by Gasteiger charge is -2.01. The summed E-state index contributed by atoms with van der Waals surface area (Å²) < 4.78 is 0. The Hall–Kier alpha value is -1.31. The van der Waals surface area contributed by atoms with E-state index in [0.29, 0.717) is 6.42 Å². The van der Waals surface area contributed by atoms with E-state index in [1.54, 1.807) is 0 Å². The monoisotopic (exact) mass is 249 g/mol. The van der Waals surface area contributed by atoms with Gasteiger partial charge in [-0.05, 0) is 53.4 Å². The van der Waals surface area contributed by atoms with Crippen LogP contribution in [0.1, 0.15) is 59.8 Å². The fourth-order valence-corrected chi connectivity index (χ4v) is 1.61. The first-order valence-corrected chi connectivity index (χ1v) is 6.64. The van der Waals surface area contributed by atoms with E-state index in [2.05, 4.69) is 39.8 Å². The third kappa shape index (κ3) is 11.2. The van der Waals surface area contributed by atoms with Gasteiger partial charge < -0.3 is 5.73 Å². The maximum absolute atomic E-state index is 10.6. The molecule has 1 amide bonds. The minimum absolute atomic E-state index is 0.261. The molecule has 0 atom stereocenters. The normalized spacial score (nSPS) is 12.4. The van der Waals surface area contributed by atoms with Gasteiger partial charge in [0.2, 0.25) is 5.91 Å². The van der Waals surface area contributed by atoms with Crippen molar-refractivity contribution in [1.29, 1.82) is 0 Å². The van der Waals surface area contributed by atoms with Crippen molar-refractivity contribution in [3.05, 3.63) is 34.9 Å². The number of carbonyl (C=O) groups excluding carboxylic acids is 1. The van der Waals surface area contributed by atoms with Crippen molar-refractivity contribution < 1.29 is 4.79 Å². The fourth-order valence-electron chi connectivity index (χ4n) is 1.61. The molecule has 0 rings (SSSR count). The molecule has 0 spiro atoms. The van der Waals surface area contributed by atoms with Crippen LogP contribution in [-0.4, -0.2) is 5.91 Å². The van der Waals surface area contributed by atoms with Gasteiger partial charge in [-0.15, -0.1) is 0 Å². The number of nitrogens with two attached hydrogens (primary N) is 1. The summed E-state index contributed by atoms with van der Waals surface area (Å²) in [5.41, 5.74) is 9.16. The first kappa shape index (κ1) is 16.7. The van der Waals surface area contributed by atoms with E-state index in [-0.39, 0.29) is 5.91 Å². The van der Waals surface area contributed by atoms with Gasteiger partial charge in [0.25, 0.3) is 0 Å². The molecule has 0 bridgehead atoms. The Morgan fingerprint density at radius 2 is 1.39 bits per heavy atom. The van der Waals surface area contributed by atoms with E-state index in [1.165, 1.54) is 16.7 Å². The zero-order valence-corrected chi connectivity index (χ0v) is 12.3. The number of amides is 1. The lowest BCUT2D eigenvalue weighted by molar-refractivity contribution is -0.117. The number of hydrogen-bond acceptors (Lipinski definition) is 1. The molecule has 0 fully saturated rings. The predicted molar refractivity (Wildman–Crippen MR) is 79.2 cm³/mol. The second kappa shape index (κ2) is 9.69. The summed E-state index contributed by atoms with van der Waals surface area (Å²) in [6.07, 6.45) is 11.2. The zero-order chi connectivity index (χ0) is 14.0. The van der Waals surface area contributed by atoms with Crippen molar-refractivity contribution in [2.45, 2.75) is 59.8 Å². The van der Waals surface area contributed by atoms with Crippen molar-refractivity contribution in [3.8, 4) is 0 Å². The number of primary amides is 1. The number of allylic oxidation sites excluding steroid dienone is 5. The van der Waals surface area contributed by atoms with Gasteiger partial charge >= 0.3 is 0 Å². The summed E-state index contributed by atoms with van der Waals surface area (Å²) in [6, 6.07) is 0. The molecular weight excluding hydrogens is 222 g/mol. The van der Waals surface area contributed by atoms with Crippen LogP contribution in [0.3, 0.4) is 0 Å². The average Bonchev–Trinajstić information content (AvgIpc) is 2.25. The van der Waals surface area contributed by atoms with Crippen molar-refractivity contribution >= 4 is 5.91 Å². The highest BCUT2D eigenvalue weighted by atomic mass is 16.1. The molecule has 0 radical (unpaired) electrons. The van der Waals surface area contributed by atoms with Crippen LogP contribution >= 0.6 is 0 Å². The summed E-state index contributed by atoms with van der Waals surface area (Å²) in [5, 5.41) is 0. The van der Waals surface area contributed by atoms with Crippen LogP contribution in [-0.2, 0) is 4.79 Å². The number of rotatable bonds is 8. The topological polar surface area (TPSA) is 43.1 Å². The highest BCUT2D eigenvalue weighted by Gasteiger charge is 1.93. The first-order chi connectivity index (χ1) is 8.41. The molecule has 0 saturated carbocycles. The lowest BCUT2D eigenvalue weighted by atomic mass is 10.1. The molecule has 0 aliphatic heterocycles. The van der Waals surface area contributed by atoms with Crippen molar-refractivity contribution in [2.24, 2.45) is 5.73 Å². The summed E-state index contributed by atoms with van der Waals surface area (Å²) in [5.74, 6) is -0.261. The quantitative estimate of drug-likeness (QED) is 0.641. The third-order valence-corrected chi connectivity index (χ3v) is 2.77. The summed E-state index contributed by atoms with van der Waals surface area (Å²) >= 11 is 0. The van der Waals surface area contributed by atoms with Crippen LogP contribution in [0.15, 0.2) is 34.9 Å². The summed E-state index contributed by atoms with van der Waals surface area (Å²) in [7, 11) is 0. The number of carbonyl (C=O) groups is 1. The molecule has 0 aromatic rings. The van der Waals surface area contributed by atoms with Crippen molar-refractivity contribution in [1.82, 2.24) is 0 Å². The first-order valence-electron chi connectivity index (χ1n) is 6.64. The molecular formula is C16H27NO. The molecule has 0 heterocycles. The van der Waals surface area contributed by atoms with Crippen LogP contribution in [0.25, 0.3) is 0 Å². The molecule has 0 aliphatic rings. The Kier molecular flexibility index (Phi) is 8.99. The second-order valence-electron chi connectivity index (χ2n) is 5.13. The second-order valence-corrected chi connectivity index (χ2v) is 5.13. The Labute approximate surface area is 112 Å². The Balaban J connectivity index is 3.89. The van der Waals surface area contributed by atoms with E-state index < -0.39 is 0 Å². The minimum atomic E-state index is -0.261. The smallest absolute Gasteiger partial charge is 0.221 e. The lowest BCUT2D eigenvalue weighted by Crippen LogP contribution is -2.08. The fraction of sp³-hybridized carbons (Fsp3) is 0.562. The van der Waals surface area contributed by atoms with Crippen LogP contribution in [0.2, 0.25) is 0 Å². The highest BCUT2D eigenvalue weighted by Crippen LogP contribution is 2.11. The maximum atomic E-state index is 10.6. The van der Waals surface area contributed by atoms with Gasteiger partial charge in [0.1, 0.15) is 0 Å². The largest absolute Gasteiger partial charge is 0.369 e. The molecule has 2 N–H and O–H groups in total. The van der Waals surface area contributed by atoms with Gasteiger partial charge in [0.05, 0.1) is 0 Å². The molecule has 0 aliphatic carbocycles. The van der Waals surface area contributed by atoms with Crippen LogP contribution in [0.5, 0.6) is 0 Å². The highest BCUT2D eigenvalue weighted by molar-refractivity contribution is 5.75. The molecule has 0 saturated heterocycles. The van der Waals surface area contributed by atoms with Gasteiger partial charge in [0, 0.05) is 6.42 Å². The Morgan fingerprint density at radius 3 is 1.89 bits per heavy atom. The molecule has 0 aromatic carbocycles. The summed E-state index contributed by atoms with van der Waals surface area (Å²) in [6.45, 7) is 8.49. The molecule has 0 aromatic heterocycles. The molecule has 2 heteroatoms. The Morgan fingerprint density at radius 1 is 0.889 bits per heavy atom. The predicted octanol–water partition coefficient (Wildman–Crippen LogP) is 4.28. The standard InChI is InChI=1S/C16H27NO/c1-13(2)7-5-8-14(3)9-6-10-15(4)11-12-16(17)18/h7,9,11H,5-6,8,10,12H2,1-4H3,(H2,17,18)/b14-9+,15-11-. The SMILES string of the molecule is CC(C)=CCC/C(C)=C/CC/C(C)=C\CC(N)=O. The van der Waals surface area contributed by atoms with Crippen LogP contribution < -0.4 is 5.73 Å². The van der Waals surface area contributed by atoms with Gasteiger partial charge in [-0.3, -0.25) is 4.79 Å². The van der Waals surface area contributed by atoms with E-state index in [4.69, 9.17) is 5.73 Å². The van der Waals surface area contributed by atoms with Crippen LogP contribution in [0, 0.1) is 0 Å². The molecule has 2 nitrogen and oxygen atoms in total. The number of hydrogen-bond donors (Lipinski definition) is 1. The van der Waals surface area contributed by atoms with E-state index in [1.807, 2.05) is 6.08 Å². The average molecular weight is 249 g/mol. The van der Waals surface area contributed by atoms with E-state index in [9.17, 15) is 4.79 Å². The minimum Gasteiger partial charge on any atom is -0.369 e. The Bertz CT molecular complexity index is 344. The van der Waals surface area contributed by atoms with Gasteiger partial charge in [-0.25, -0.2) is 0 Å². The molecule has 18 heavy (non-hydrogen) atoms. The molecule has 102 valence electrons. The van der Waals surface area contributed by atoms with Gasteiger partial charge in [0.15, 0.2) is 0 Å². The van der Waals surface area contributed by atoms with Gasteiger partial charge in [-0.1, -0.05) is 34.9 Å². The maximum Gasteiger partial charge on any atom is 0.221 e. The van der Waals surface area contributed by atoms with E-state index in [0.717, 1.165) is 25.7 Å². The zero-order valence-electron chi connectivity index (χ0n) is 12.3. The molecule has 0 unspecified atom stereocenters. The third-order valence-electron chi connectivity index (χ3n) is 2.77. The van der Waals surface area contributed by atoms with Crippen molar-refractivity contribution in [2.75, 3.05) is 0 Å².